The van der Waals surface area contributed by atoms with Crippen molar-refractivity contribution in [2.75, 3.05) is 6.61 Å². The predicted molar refractivity (Wildman–Crippen MR) is 124 cm³/mol. The number of halogens is 1. The number of hydrogen-bond acceptors (Lipinski definition) is 4. The maximum atomic E-state index is 12.3. The first-order valence-electron chi connectivity index (χ1n) is 9.67. The van der Waals surface area contributed by atoms with Gasteiger partial charge in [0, 0.05) is 26.5 Å². The summed E-state index contributed by atoms with van der Waals surface area (Å²) in [4.78, 5) is 21.3. The van der Waals surface area contributed by atoms with Crippen molar-refractivity contribution in [1.82, 2.24) is 9.97 Å². The second-order valence-corrected chi connectivity index (χ2v) is 11.0. The van der Waals surface area contributed by atoms with Gasteiger partial charge < -0.3 is 9.72 Å². The van der Waals surface area contributed by atoms with Crippen molar-refractivity contribution in [2.45, 2.75) is 56.6 Å². The molecule has 0 aliphatic heterocycles. The molecule has 2 aromatic heterocycles. The average Bonchev–Trinajstić information content (AvgIpc) is 3.09. The quantitative estimate of drug-likeness (QED) is 0.329. The van der Waals surface area contributed by atoms with Crippen LogP contribution in [-0.4, -0.2) is 27.3 Å². The fraction of sp³-hybridized carbons (Fsp3) is 0.391. The molecule has 0 aliphatic rings. The van der Waals surface area contributed by atoms with Crippen LogP contribution in [0.4, 0.5) is 0 Å². The maximum absolute atomic E-state index is 12.3. The van der Waals surface area contributed by atoms with Gasteiger partial charge in [-0.2, -0.15) is 0 Å². The highest BCUT2D eigenvalue weighted by molar-refractivity contribution is 9.10. The number of carbonyl (C=O) groups excluding carboxylic acids is 1. The van der Waals surface area contributed by atoms with Crippen LogP contribution in [0, 0.1) is 0 Å². The minimum atomic E-state index is -0.673. The lowest BCUT2D eigenvalue weighted by Crippen LogP contribution is -2.29. The molecular weight excluding hydrogens is 448 g/mol. The third kappa shape index (κ3) is 4.69. The van der Waals surface area contributed by atoms with Crippen LogP contribution >= 0.6 is 27.7 Å². The number of benzene rings is 1. The Labute approximate surface area is 185 Å². The Hall–Kier alpha value is -1.79. The molecule has 2 heterocycles. The number of aromatic nitrogens is 2. The van der Waals surface area contributed by atoms with Crippen LogP contribution in [0.2, 0.25) is 0 Å². The van der Waals surface area contributed by atoms with Crippen molar-refractivity contribution in [3.05, 3.63) is 46.6 Å². The highest BCUT2D eigenvalue weighted by Crippen LogP contribution is 2.41. The number of hydrogen-bond donors (Lipinski definition) is 1. The molecule has 3 aromatic rings. The molecule has 0 bridgehead atoms. The molecule has 6 heteroatoms. The number of ether oxygens (including phenoxy) is 1. The molecule has 0 atom stereocenters. The molecule has 0 radical (unpaired) electrons. The van der Waals surface area contributed by atoms with Gasteiger partial charge in [-0.15, -0.1) is 11.8 Å². The minimum Gasteiger partial charge on any atom is -0.465 e. The van der Waals surface area contributed by atoms with E-state index in [1.54, 1.807) is 0 Å². The summed E-state index contributed by atoms with van der Waals surface area (Å²) >= 11 is 5.24. The van der Waals surface area contributed by atoms with Crippen molar-refractivity contribution < 1.29 is 9.53 Å². The number of nitrogens with one attached hydrogen (secondary N) is 1. The van der Waals surface area contributed by atoms with Crippen molar-refractivity contribution in [2.24, 2.45) is 0 Å². The van der Waals surface area contributed by atoms with Gasteiger partial charge in [-0.25, -0.2) is 0 Å². The van der Waals surface area contributed by atoms with Crippen LogP contribution in [0.15, 0.2) is 45.9 Å². The normalized spacial score (nSPS) is 12.4. The first kappa shape index (κ1) is 21.9. The molecule has 0 unspecified atom stereocenters. The molecule has 4 nitrogen and oxygen atoms in total. The Morgan fingerprint density at radius 3 is 2.55 bits per heavy atom. The fourth-order valence-electron chi connectivity index (χ4n) is 3.03. The van der Waals surface area contributed by atoms with Gasteiger partial charge in [-0.05, 0) is 78.0 Å². The van der Waals surface area contributed by atoms with Gasteiger partial charge in [0.1, 0.15) is 4.75 Å². The van der Waals surface area contributed by atoms with E-state index < -0.39 is 4.75 Å². The Bertz CT molecular complexity index is 1050. The molecule has 0 aliphatic carbocycles. The standard InChI is InChI=1S/C23H27BrN2O2S/c1-7-28-21(27)23(5,6)29-19-9-8-16-15(20(19)24)13-18(26-16)17-12-14(10-11-25-17)22(2,3)4/h8-13,26H,7H2,1-6H3. The third-order valence-corrected chi connectivity index (χ3v) is 7.09. The van der Waals surface area contributed by atoms with E-state index in [1.807, 2.05) is 39.1 Å². The largest absolute Gasteiger partial charge is 0.465 e. The zero-order valence-corrected chi connectivity index (χ0v) is 20.1. The molecular formula is C23H27BrN2O2S. The van der Waals surface area contributed by atoms with E-state index >= 15 is 0 Å². The van der Waals surface area contributed by atoms with Crippen LogP contribution in [-0.2, 0) is 14.9 Å². The van der Waals surface area contributed by atoms with E-state index in [0.29, 0.717) is 6.61 Å². The van der Waals surface area contributed by atoms with E-state index in [-0.39, 0.29) is 11.4 Å². The molecule has 1 N–H and O–H groups in total. The first-order chi connectivity index (χ1) is 13.5. The molecule has 0 amide bonds. The first-order valence-corrected chi connectivity index (χ1v) is 11.3. The van der Waals surface area contributed by atoms with Crippen LogP contribution in [0.3, 0.4) is 0 Å². The second-order valence-electron chi connectivity index (χ2n) is 8.53. The summed E-state index contributed by atoms with van der Waals surface area (Å²) in [7, 11) is 0. The highest BCUT2D eigenvalue weighted by atomic mass is 79.9. The summed E-state index contributed by atoms with van der Waals surface area (Å²) < 4.78 is 5.51. The monoisotopic (exact) mass is 474 g/mol. The minimum absolute atomic E-state index is 0.0623. The van der Waals surface area contributed by atoms with Crippen LogP contribution < -0.4 is 0 Å². The van der Waals surface area contributed by atoms with E-state index in [1.165, 1.54) is 17.3 Å². The summed E-state index contributed by atoms with van der Waals surface area (Å²) in [5.41, 5.74) is 4.22. The number of rotatable bonds is 5. The van der Waals surface area contributed by atoms with E-state index in [4.69, 9.17) is 4.74 Å². The maximum Gasteiger partial charge on any atom is 0.321 e. The SMILES string of the molecule is CCOC(=O)C(C)(C)Sc1ccc2[nH]c(-c3cc(C(C)(C)C)ccn3)cc2c1Br. The van der Waals surface area contributed by atoms with Crippen molar-refractivity contribution in [3.8, 4) is 11.4 Å². The average molecular weight is 475 g/mol. The summed E-state index contributed by atoms with van der Waals surface area (Å²) in [6.07, 6.45) is 1.86. The van der Waals surface area contributed by atoms with E-state index in [0.717, 1.165) is 31.7 Å². The molecule has 154 valence electrons. The topological polar surface area (TPSA) is 55.0 Å². The van der Waals surface area contributed by atoms with Crippen molar-refractivity contribution in [1.29, 1.82) is 0 Å². The number of nitrogens with zero attached hydrogens (tertiary/aromatic N) is 1. The third-order valence-electron chi connectivity index (χ3n) is 4.74. The number of carbonyl (C=O) groups is 1. The van der Waals surface area contributed by atoms with Crippen LogP contribution in [0.25, 0.3) is 22.3 Å². The molecule has 0 spiro atoms. The molecule has 3 rings (SSSR count). The van der Waals surface area contributed by atoms with E-state index in [9.17, 15) is 4.79 Å². The molecule has 0 fully saturated rings. The second kappa shape index (κ2) is 8.15. The lowest BCUT2D eigenvalue weighted by Gasteiger charge is -2.22. The highest BCUT2D eigenvalue weighted by Gasteiger charge is 2.31. The summed E-state index contributed by atoms with van der Waals surface area (Å²) in [5, 5.41) is 1.06. The summed E-state index contributed by atoms with van der Waals surface area (Å²) in [6, 6.07) is 10.4. The van der Waals surface area contributed by atoms with Crippen LogP contribution in [0.1, 0.15) is 47.1 Å². The number of thioether (sulfide) groups is 1. The Balaban J connectivity index is 1.98. The zero-order valence-electron chi connectivity index (χ0n) is 17.7. The van der Waals surface area contributed by atoms with Crippen molar-refractivity contribution in [3.63, 3.8) is 0 Å². The van der Waals surface area contributed by atoms with Gasteiger partial charge in [0.2, 0.25) is 0 Å². The fourth-order valence-corrected chi connectivity index (χ4v) is 4.76. The number of esters is 1. The number of aromatic amines is 1. The number of H-pyrrole nitrogens is 1. The van der Waals surface area contributed by atoms with Gasteiger partial charge in [0.05, 0.1) is 18.0 Å². The number of pyridine rings is 1. The Morgan fingerprint density at radius 2 is 1.90 bits per heavy atom. The van der Waals surface area contributed by atoms with Gasteiger partial charge in [-0.1, -0.05) is 20.8 Å². The lowest BCUT2D eigenvalue weighted by atomic mass is 9.87. The molecule has 0 saturated carbocycles. The van der Waals surface area contributed by atoms with Gasteiger partial charge in [0.15, 0.2) is 0 Å². The smallest absolute Gasteiger partial charge is 0.321 e. The van der Waals surface area contributed by atoms with Gasteiger partial charge >= 0.3 is 5.97 Å². The Morgan fingerprint density at radius 1 is 1.17 bits per heavy atom. The molecule has 29 heavy (non-hydrogen) atoms. The molecule has 0 saturated heterocycles. The molecule has 1 aromatic carbocycles. The van der Waals surface area contributed by atoms with E-state index in [2.05, 4.69) is 64.9 Å². The zero-order chi connectivity index (χ0) is 21.4. The Kier molecular flexibility index (Phi) is 6.16. The summed E-state index contributed by atoms with van der Waals surface area (Å²) in [6.45, 7) is 12.6. The van der Waals surface area contributed by atoms with Gasteiger partial charge in [-0.3, -0.25) is 9.78 Å². The van der Waals surface area contributed by atoms with Crippen LogP contribution in [0.5, 0.6) is 0 Å². The summed E-state index contributed by atoms with van der Waals surface area (Å²) in [5.74, 6) is -0.213. The van der Waals surface area contributed by atoms with Gasteiger partial charge in [0.25, 0.3) is 0 Å². The lowest BCUT2D eigenvalue weighted by molar-refractivity contribution is -0.145. The predicted octanol–water partition coefficient (Wildman–Crippen LogP) is 6.72. The van der Waals surface area contributed by atoms with Crippen molar-refractivity contribution >= 4 is 44.6 Å². The number of fused-ring (bicyclic) bond motifs is 1.